The quantitative estimate of drug-likeness (QED) is 0.656. The molecular formula is C15H13BrF2IN. The van der Waals surface area contributed by atoms with Crippen molar-refractivity contribution in [2.24, 2.45) is 0 Å². The van der Waals surface area contributed by atoms with Crippen molar-refractivity contribution in [2.45, 2.75) is 12.5 Å². The van der Waals surface area contributed by atoms with Crippen molar-refractivity contribution in [3.63, 3.8) is 0 Å². The number of hydrogen-bond donors (Lipinski definition) is 1. The predicted molar refractivity (Wildman–Crippen MR) is 88.7 cm³/mol. The van der Waals surface area contributed by atoms with Gasteiger partial charge in [-0.3, -0.25) is 0 Å². The van der Waals surface area contributed by atoms with E-state index < -0.39 is 11.6 Å². The molecule has 0 aliphatic rings. The summed E-state index contributed by atoms with van der Waals surface area (Å²) in [7, 11) is 1.84. The zero-order valence-corrected chi connectivity index (χ0v) is 14.5. The van der Waals surface area contributed by atoms with E-state index in [2.05, 4.69) is 43.8 Å². The second-order valence-electron chi connectivity index (χ2n) is 4.49. The van der Waals surface area contributed by atoms with Crippen LogP contribution in [0.5, 0.6) is 0 Å². The van der Waals surface area contributed by atoms with Crippen LogP contribution in [0.25, 0.3) is 0 Å². The first-order valence-corrected chi connectivity index (χ1v) is 7.94. The minimum atomic E-state index is -0.543. The van der Waals surface area contributed by atoms with Crippen LogP contribution in [0.3, 0.4) is 0 Å². The molecule has 0 saturated carbocycles. The summed E-state index contributed by atoms with van der Waals surface area (Å²) in [5.74, 6) is -1.09. The highest BCUT2D eigenvalue weighted by Crippen LogP contribution is 2.27. The molecule has 0 bridgehead atoms. The molecule has 0 saturated heterocycles. The smallest absolute Gasteiger partial charge is 0.126 e. The van der Waals surface area contributed by atoms with Crippen LogP contribution in [0.4, 0.5) is 8.78 Å². The van der Waals surface area contributed by atoms with Crippen LogP contribution in [0.2, 0.25) is 0 Å². The average Bonchev–Trinajstić information content (AvgIpc) is 2.38. The van der Waals surface area contributed by atoms with Gasteiger partial charge in [0.15, 0.2) is 0 Å². The van der Waals surface area contributed by atoms with Crippen LogP contribution >= 0.6 is 38.5 Å². The van der Waals surface area contributed by atoms with E-state index in [0.717, 1.165) is 19.7 Å². The first-order chi connectivity index (χ1) is 9.49. The third kappa shape index (κ3) is 3.99. The van der Waals surface area contributed by atoms with Gasteiger partial charge in [-0.15, -0.1) is 0 Å². The third-order valence-corrected chi connectivity index (χ3v) is 4.52. The lowest BCUT2D eigenvalue weighted by atomic mass is 9.99. The molecule has 1 atom stereocenters. The molecule has 20 heavy (non-hydrogen) atoms. The Morgan fingerprint density at radius 1 is 1.15 bits per heavy atom. The van der Waals surface area contributed by atoms with Crippen molar-refractivity contribution in [1.82, 2.24) is 5.32 Å². The second-order valence-corrected chi connectivity index (χ2v) is 6.57. The minimum Gasteiger partial charge on any atom is -0.313 e. The molecule has 0 heterocycles. The van der Waals surface area contributed by atoms with E-state index in [9.17, 15) is 8.78 Å². The van der Waals surface area contributed by atoms with E-state index in [1.54, 1.807) is 0 Å². The van der Waals surface area contributed by atoms with Crippen molar-refractivity contribution >= 4 is 38.5 Å². The normalized spacial score (nSPS) is 12.4. The van der Waals surface area contributed by atoms with E-state index >= 15 is 0 Å². The SMILES string of the molecule is CNC(Cc1cc(F)cc(F)c1)c1cc(Br)ccc1I. The molecule has 2 aromatic carbocycles. The fraction of sp³-hybridized carbons (Fsp3) is 0.200. The fourth-order valence-corrected chi connectivity index (χ4v) is 3.20. The van der Waals surface area contributed by atoms with Crippen LogP contribution in [0.1, 0.15) is 17.2 Å². The molecule has 1 unspecified atom stereocenters. The van der Waals surface area contributed by atoms with Gasteiger partial charge in [0.25, 0.3) is 0 Å². The Morgan fingerprint density at radius 3 is 2.40 bits per heavy atom. The van der Waals surface area contributed by atoms with E-state index in [1.165, 1.54) is 12.1 Å². The van der Waals surface area contributed by atoms with Gasteiger partial charge in [-0.25, -0.2) is 8.78 Å². The first-order valence-electron chi connectivity index (χ1n) is 6.07. The molecular weight excluding hydrogens is 439 g/mol. The molecule has 1 N–H and O–H groups in total. The standard InChI is InChI=1S/C15H13BrF2IN/c1-20-15(13-7-10(16)2-3-14(13)19)6-9-4-11(17)8-12(18)5-9/h2-5,7-8,15,20H,6H2,1H3. The zero-order chi connectivity index (χ0) is 14.7. The Hall–Kier alpha value is -0.530. The predicted octanol–water partition coefficient (Wildman–Crippen LogP) is 4.84. The Labute approximate surface area is 139 Å². The Morgan fingerprint density at radius 2 is 1.80 bits per heavy atom. The molecule has 0 amide bonds. The van der Waals surface area contributed by atoms with Crippen LogP contribution in [-0.4, -0.2) is 7.05 Å². The molecule has 5 heteroatoms. The highest BCUT2D eigenvalue weighted by atomic mass is 127. The number of likely N-dealkylation sites (N-methyl/N-ethyl adjacent to an activating group) is 1. The highest BCUT2D eigenvalue weighted by Gasteiger charge is 2.15. The van der Waals surface area contributed by atoms with E-state index in [0.29, 0.717) is 12.0 Å². The maximum absolute atomic E-state index is 13.3. The summed E-state index contributed by atoms with van der Waals surface area (Å²) >= 11 is 5.71. The fourth-order valence-electron chi connectivity index (χ4n) is 2.11. The molecule has 0 aliphatic heterocycles. The van der Waals surface area contributed by atoms with E-state index in [4.69, 9.17) is 0 Å². The lowest BCUT2D eigenvalue weighted by molar-refractivity contribution is 0.561. The summed E-state index contributed by atoms with van der Waals surface area (Å²) in [6.45, 7) is 0. The number of hydrogen-bond acceptors (Lipinski definition) is 1. The van der Waals surface area contributed by atoms with Crippen molar-refractivity contribution in [3.05, 3.63) is 67.2 Å². The van der Waals surface area contributed by atoms with Gasteiger partial charge >= 0.3 is 0 Å². The summed E-state index contributed by atoms with van der Waals surface area (Å²) in [5.41, 5.74) is 1.74. The Bertz CT molecular complexity index is 599. The topological polar surface area (TPSA) is 12.0 Å². The lowest BCUT2D eigenvalue weighted by Crippen LogP contribution is -2.20. The lowest BCUT2D eigenvalue weighted by Gasteiger charge is -2.19. The number of halogens is 4. The largest absolute Gasteiger partial charge is 0.313 e. The number of benzene rings is 2. The van der Waals surface area contributed by atoms with Gasteiger partial charge in [0, 0.05) is 20.2 Å². The van der Waals surface area contributed by atoms with Crippen LogP contribution in [-0.2, 0) is 6.42 Å². The maximum Gasteiger partial charge on any atom is 0.126 e. The van der Waals surface area contributed by atoms with E-state index in [-0.39, 0.29) is 6.04 Å². The second kappa shape index (κ2) is 6.95. The monoisotopic (exact) mass is 451 g/mol. The zero-order valence-electron chi connectivity index (χ0n) is 10.8. The van der Waals surface area contributed by atoms with Gasteiger partial charge in [-0.2, -0.15) is 0 Å². The maximum atomic E-state index is 13.3. The molecule has 106 valence electrons. The third-order valence-electron chi connectivity index (χ3n) is 3.04. The molecule has 0 spiro atoms. The van der Waals surface area contributed by atoms with Crippen molar-refractivity contribution in [1.29, 1.82) is 0 Å². The number of nitrogens with one attached hydrogen (secondary N) is 1. The molecule has 0 aliphatic carbocycles. The average molecular weight is 452 g/mol. The summed E-state index contributed by atoms with van der Waals surface area (Å²) < 4.78 is 28.6. The van der Waals surface area contributed by atoms with Crippen LogP contribution in [0.15, 0.2) is 40.9 Å². The van der Waals surface area contributed by atoms with E-state index in [1.807, 2.05) is 25.2 Å². The van der Waals surface area contributed by atoms with Gasteiger partial charge in [-0.1, -0.05) is 15.9 Å². The highest BCUT2D eigenvalue weighted by molar-refractivity contribution is 14.1. The summed E-state index contributed by atoms with van der Waals surface area (Å²) in [6.07, 6.45) is 0.525. The Kier molecular flexibility index (Phi) is 5.51. The van der Waals surface area contributed by atoms with Gasteiger partial charge in [0.1, 0.15) is 11.6 Å². The molecule has 0 aromatic heterocycles. The molecule has 0 fully saturated rings. The number of rotatable bonds is 4. The van der Waals surface area contributed by atoms with Gasteiger partial charge < -0.3 is 5.32 Å². The van der Waals surface area contributed by atoms with Gasteiger partial charge in [-0.05, 0) is 77.5 Å². The van der Waals surface area contributed by atoms with Crippen LogP contribution < -0.4 is 5.32 Å². The summed E-state index contributed by atoms with van der Waals surface area (Å²) in [5, 5.41) is 3.20. The summed E-state index contributed by atoms with van der Waals surface area (Å²) in [6, 6.07) is 9.65. The van der Waals surface area contributed by atoms with Crippen molar-refractivity contribution < 1.29 is 8.78 Å². The molecule has 2 rings (SSSR count). The van der Waals surface area contributed by atoms with Crippen molar-refractivity contribution in [2.75, 3.05) is 7.05 Å². The Balaban J connectivity index is 2.31. The van der Waals surface area contributed by atoms with Gasteiger partial charge in [0.05, 0.1) is 0 Å². The van der Waals surface area contributed by atoms with Gasteiger partial charge in [0.2, 0.25) is 0 Å². The van der Waals surface area contributed by atoms with Crippen molar-refractivity contribution in [3.8, 4) is 0 Å². The minimum absolute atomic E-state index is 0.000556. The van der Waals surface area contributed by atoms with Crippen LogP contribution in [0, 0.1) is 15.2 Å². The first kappa shape index (κ1) is 15.9. The molecule has 0 radical (unpaired) electrons. The summed E-state index contributed by atoms with van der Waals surface area (Å²) in [4.78, 5) is 0. The molecule has 1 nitrogen and oxygen atoms in total. The molecule has 2 aromatic rings.